The zero-order valence-corrected chi connectivity index (χ0v) is 20.9. The van der Waals surface area contributed by atoms with E-state index in [-0.39, 0.29) is 36.9 Å². The lowest BCUT2D eigenvalue weighted by molar-refractivity contribution is -0.137. The number of alkyl halides is 3. The number of hydrogen-bond donors (Lipinski definition) is 2. The number of halogens is 3. The van der Waals surface area contributed by atoms with Crippen molar-refractivity contribution in [3.05, 3.63) is 35.7 Å². The maximum absolute atomic E-state index is 13.6. The number of hydrogen-bond acceptors (Lipinski definition) is 9. The summed E-state index contributed by atoms with van der Waals surface area (Å²) in [6.45, 7) is 0.781. The van der Waals surface area contributed by atoms with Gasteiger partial charge in [0.1, 0.15) is 23.8 Å². The molecule has 2 aromatic rings. The second-order valence-electron chi connectivity index (χ2n) is 8.26. The third-order valence-electron chi connectivity index (χ3n) is 5.65. The number of amides is 1. The van der Waals surface area contributed by atoms with Gasteiger partial charge in [0.2, 0.25) is 21.9 Å². The van der Waals surface area contributed by atoms with Gasteiger partial charge in [0.25, 0.3) is 0 Å². The number of sulfonamides is 1. The summed E-state index contributed by atoms with van der Waals surface area (Å²) in [4.78, 5) is 25.6. The number of piperidine rings is 1. The Morgan fingerprint density at radius 3 is 2.58 bits per heavy atom. The molecule has 3 rings (SSSR count). The van der Waals surface area contributed by atoms with Crippen LogP contribution in [0.5, 0.6) is 0 Å². The van der Waals surface area contributed by atoms with E-state index in [4.69, 9.17) is 4.74 Å². The summed E-state index contributed by atoms with van der Waals surface area (Å²) in [5.41, 5.74) is -0.699. The summed E-state index contributed by atoms with van der Waals surface area (Å²) in [6.07, 6.45) is -0.487. The van der Waals surface area contributed by atoms with Crippen LogP contribution in [0.15, 0.2) is 24.5 Å². The molecule has 1 saturated heterocycles. The number of pyridine rings is 1. The number of carbonyl (C=O) groups excluding carboxylic acids is 1. The fourth-order valence-corrected chi connectivity index (χ4v) is 4.13. The summed E-state index contributed by atoms with van der Waals surface area (Å²) in [7, 11) is -0.881. The first-order valence-electron chi connectivity index (χ1n) is 11.0. The lowest BCUT2D eigenvalue weighted by Crippen LogP contribution is -2.43. The van der Waals surface area contributed by atoms with E-state index in [1.165, 1.54) is 20.4 Å². The van der Waals surface area contributed by atoms with Gasteiger partial charge >= 0.3 is 6.18 Å². The van der Waals surface area contributed by atoms with E-state index in [0.29, 0.717) is 37.7 Å². The van der Waals surface area contributed by atoms with Gasteiger partial charge in [-0.3, -0.25) is 9.10 Å². The fourth-order valence-electron chi connectivity index (χ4n) is 3.65. The topological polar surface area (TPSA) is 130 Å². The molecule has 0 spiro atoms. The second kappa shape index (κ2) is 11.2. The third-order valence-corrected chi connectivity index (χ3v) is 6.82. The minimum atomic E-state index is -4.71. The molecule has 1 aliphatic rings. The number of aromatic nitrogens is 3. The molecule has 2 aromatic heterocycles. The number of carbonyl (C=O) groups is 1. The maximum Gasteiger partial charge on any atom is 0.421 e. The summed E-state index contributed by atoms with van der Waals surface area (Å²) < 4.78 is 70.5. The number of rotatable bonds is 9. The number of ether oxygens (including phenoxy) is 1. The van der Waals surface area contributed by atoms with Gasteiger partial charge in [0, 0.05) is 57.8 Å². The highest BCUT2D eigenvalue weighted by Gasteiger charge is 2.35. The van der Waals surface area contributed by atoms with Gasteiger partial charge in [-0.05, 0) is 18.9 Å². The van der Waals surface area contributed by atoms with E-state index in [1.807, 2.05) is 0 Å². The Balaban J connectivity index is 1.76. The molecule has 36 heavy (non-hydrogen) atoms. The van der Waals surface area contributed by atoms with Crippen molar-refractivity contribution < 1.29 is 31.1 Å². The van der Waals surface area contributed by atoms with E-state index >= 15 is 0 Å². The van der Waals surface area contributed by atoms with E-state index in [1.54, 1.807) is 17.0 Å². The van der Waals surface area contributed by atoms with Crippen LogP contribution in [0.1, 0.15) is 24.0 Å². The minimum Gasteiger partial charge on any atom is -0.375 e. The SMILES string of the molecule is COCC(=O)N1CCC(Nc2ncc(C(F)(F)F)c(NCc3cccnc3N(C)S(C)(=O)=O)n2)CC1. The number of nitrogens with one attached hydrogen (secondary N) is 2. The molecule has 3 heterocycles. The molecular weight excluding hydrogens is 503 g/mol. The molecule has 0 aromatic carbocycles. The Morgan fingerprint density at radius 2 is 1.97 bits per heavy atom. The minimum absolute atomic E-state index is 0.00618. The fraction of sp³-hybridized carbons (Fsp3) is 0.524. The molecule has 0 atom stereocenters. The third kappa shape index (κ3) is 6.94. The highest BCUT2D eigenvalue weighted by Crippen LogP contribution is 2.34. The first-order valence-corrected chi connectivity index (χ1v) is 12.8. The second-order valence-corrected chi connectivity index (χ2v) is 10.3. The molecule has 0 radical (unpaired) electrons. The smallest absolute Gasteiger partial charge is 0.375 e. The molecule has 11 nitrogen and oxygen atoms in total. The number of nitrogens with zero attached hydrogens (tertiary/aromatic N) is 5. The van der Waals surface area contributed by atoms with Gasteiger partial charge in [-0.25, -0.2) is 18.4 Å². The predicted octanol–water partition coefficient (Wildman–Crippen LogP) is 1.95. The Morgan fingerprint density at radius 1 is 1.28 bits per heavy atom. The zero-order valence-electron chi connectivity index (χ0n) is 20.0. The Kier molecular flexibility index (Phi) is 8.55. The van der Waals surface area contributed by atoms with E-state index in [9.17, 15) is 26.4 Å². The van der Waals surface area contributed by atoms with Gasteiger partial charge in [-0.2, -0.15) is 18.2 Å². The lowest BCUT2D eigenvalue weighted by Gasteiger charge is -2.32. The normalized spacial score (nSPS) is 15.0. The zero-order chi connectivity index (χ0) is 26.5. The summed E-state index contributed by atoms with van der Waals surface area (Å²) in [5.74, 6) is -0.482. The maximum atomic E-state index is 13.6. The molecule has 0 bridgehead atoms. The average Bonchev–Trinajstić information content (AvgIpc) is 2.82. The lowest BCUT2D eigenvalue weighted by atomic mass is 10.1. The van der Waals surface area contributed by atoms with Crippen molar-refractivity contribution in [1.29, 1.82) is 0 Å². The molecule has 1 aliphatic heterocycles. The van der Waals surface area contributed by atoms with Gasteiger partial charge in [-0.1, -0.05) is 6.07 Å². The van der Waals surface area contributed by atoms with Crippen LogP contribution < -0.4 is 14.9 Å². The van der Waals surface area contributed by atoms with Crippen molar-refractivity contribution in [3.8, 4) is 0 Å². The van der Waals surface area contributed by atoms with Crippen LogP contribution >= 0.6 is 0 Å². The van der Waals surface area contributed by atoms with Crippen LogP contribution in [-0.4, -0.2) is 80.3 Å². The Labute approximate surface area is 207 Å². The Hall–Kier alpha value is -3.20. The van der Waals surface area contributed by atoms with Crippen LogP contribution in [0.2, 0.25) is 0 Å². The molecule has 2 N–H and O–H groups in total. The monoisotopic (exact) mass is 531 g/mol. The molecule has 1 amide bonds. The largest absolute Gasteiger partial charge is 0.421 e. The van der Waals surface area contributed by atoms with E-state index in [2.05, 4.69) is 25.6 Å². The summed E-state index contributed by atoms with van der Waals surface area (Å²) in [5, 5.41) is 5.70. The van der Waals surface area contributed by atoms with Crippen molar-refractivity contribution in [2.75, 3.05) is 55.0 Å². The summed E-state index contributed by atoms with van der Waals surface area (Å²) >= 11 is 0. The van der Waals surface area contributed by atoms with Crippen LogP contribution in [0.3, 0.4) is 0 Å². The standard InChI is InChI=1S/C21H28F3N7O4S/c1-30(36(3,33)34)19-14(5-4-8-25-19)11-26-18-16(21(22,23)24)12-27-20(29-18)28-15-6-9-31(10-7-15)17(32)13-35-2/h4-5,8,12,15H,6-7,9-11,13H2,1-3H3,(H2,26,27,28,29). The van der Waals surface area contributed by atoms with Gasteiger partial charge < -0.3 is 20.3 Å². The molecule has 198 valence electrons. The molecule has 1 fully saturated rings. The molecular formula is C21H28F3N7O4S. The molecule has 0 unspecified atom stereocenters. The van der Waals surface area contributed by atoms with Crippen molar-refractivity contribution in [1.82, 2.24) is 19.9 Å². The van der Waals surface area contributed by atoms with Crippen molar-refractivity contribution in [3.63, 3.8) is 0 Å². The van der Waals surface area contributed by atoms with Gasteiger partial charge in [0.05, 0.1) is 6.26 Å². The van der Waals surface area contributed by atoms with Gasteiger partial charge in [-0.15, -0.1) is 0 Å². The Bertz CT molecular complexity index is 1170. The van der Waals surface area contributed by atoms with Crippen LogP contribution in [0.4, 0.5) is 30.8 Å². The predicted molar refractivity (Wildman–Crippen MR) is 127 cm³/mol. The summed E-state index contributed by atoms with van der Waals surface area (Å²) in [6, 6.07) is 2.98. The van der Waals surface area contributed by atoms with Crippen molar-refractivity contribution in [2.45, 2.75) is 31.6 Å². The van der Waals surface area contributed by atoms with E-state index in [0.717, 1.165) is 10.6 Å². The highest BCUT2D eigenvalue weighted by molar-refractivity contribution is 7.92. The van der Waals surface area contributed by atoms with Crippen molar-refractivity contribution >= 4 is 33.5 Å². The number of likely N-dealkylation sites (tertiary alicyclic amines) is 1. The molecule has 0 saturated carbocycles. The number of anilines is 3. The van der Waals surface area contributed by atoms with Crippen LogP contribution in [0, 0.1) is 0 Å². The van der Waals surface area contributed by atoms with Crippen LogP contribution in [-0.2, 0) is 32.3 Å². The number of methoxy groups -OCH3 is 1. The molecule has 15 heteroatoms. The van der Waals surface area contributed by atoms with Crippen LogP contribution in [0.25, 0.3) is 0 Å². The molecule has 0 aliphatic carbocycles. The van der Waals surface area contributed by atoms with Gasteiger partial charge in [0.15, 0.2) is 0 Å². The first-order chi connectivity index (χ1) is 16.9. The van der Waals surface area contributed by atoms with E-state index < -0.39 is 27.6 Å². The average molecular weight is 532 g/mol. The quantitative estimate of drug-likeness (QED) is 0.499. The first kappa shape index (κ1) is 27.4. The highest BCUT2D eigenvalue weighted by atomic mass is 32.2. The van der Waals surface area contributed by atoms with Crippen molar-refractivity contribution in [2.24, 2.45) is 0 Å².